The van der Waals surface area contributed by atoms with E-state index in [1.807, 2.05) is 18.2 Å². The summed E-state index contributed by atoms with van der Waals surface area (Å²) in [5.74, 6) is 1.33. The third kappa shape index (κ3) is 3.17. The first-order chi connectivity index (χ1) is 10.2. The lowest BCUT2D eigenvalue weighted by molar-refractivity contribution is -0.122. The summed E-state index contributed by atoms with van der Waals surface area (Å²) < 4.78 is 11.0. The molecule has 1 aliphatic rings. The number of nitrogens with zero attached hydrogens (tertiary/aromatic N) is 1. The van der Waals surface area contributed by atoms with E-state index in [0.717, 1.165) is 5.76 Å². The van der Waals surface area contributed by atoms with Crippen molar-refractivity contribution in [2.75, 3.05) is 0 Å². The number of allylic oxidation sites excluding steroid dienone is 2. The van der Waals surface area contributed by atoms with E-state index in [0.29, 0.717) is 21.5 Å². The maximum Gasteiger partial charge on any atom is 0.266 e. The second-order valence-electron chi connectivity index (χ2n) is 4.24. The Morgan fingerprint density at radius 3 is 2.76 bits per heavy atom. The molecule has 0 radical (unpaired) electrons. The molecule has 1 amide bonds. The number of furan rings is 2. The second-order valence-corrected chi connectivity index (χ2v) is 5.92. The molecule has 6 heteroatoms. The fourth-order valence-electron chi connectivity index (χ4n) is 1.83. The first-order valence-electron chi connectivity index (χ1n) is 6.22. The van der Waals surface area contributed by atoms with Gasteiger partial charge in [0, 0.05) is 0 Å². The summed E-state index contributed by atoms with van der Waals surface area (Å²) in [6.45, 7) is 0.358. The minimum Gasteiger partial charge on any atom is -0.467 e. The molecule has 0 aromatic carbocycles. The third-order valence-corrected chi connectivity index (χ3v) is 4.21. The van der Waals surface area contributed by atoms with Crippen LogP contribution in [0, 0.1) is 0 Å². The Bertz CT molecular complexity index is 699. The van der Waals surface area contributed by atoms with E-state index in [2.05, 4.69) is 0 Å². The van der Waals surface area contributed by atoms with Gasteiger partial charge in [-0.15, -0.1) is 0 Å². The zero-order chi connectivity index (χ0) is 14.7. The number of hydrogen-bond acceptors (Lipinski definition) is 5. The summed E-state index contributed by atoms with van der Waals surface area (Å²) >= 11 is 6.53. The van der Waals surface area contributed by atoms with Gasteiger partial charge >= 0.3 is 0 Å². The van der Waals surface area contributed by atoms with Crippen LogP contribution in [0.15, 0.2) is 62.7 Å². The van der Waals surface area contributed by atoms with Gasteiger partial charge in [-0.2, -0.15) is 0 Å². The number of amides is 1. The molecule has 0 bridgehead atoms. The Morgan fingerprint density at radius 2 is 2.05 bits per heavy atom. The number of carbonyl (C=O) groups excluding carboxylic acids is 1. The van der Waals surface area contributed by atoms with Crippen LogP contribution in [0.4, 0.5) is 0 Å². The normalized spacial score (nSPS) is 17.5. The Balaban J connectivity index is 1.71. The molecule has 3 heterocycles. The first kappa shape index (κ1) is 13.9. The van der Waals surface area contributed by atoms with Crippen molar-refractivity contribution in [2.24, 2.45) is 0 Å². The molecular weight excluding hydrogens is 306 g/mol. The molecule has 0 aliphatic carbocycles. The van der Waals surface area contributed by atoms with Crippen LogP contribution >= 0.6 is 24.0 Å². The van der Waals surface area contributed by atoms with Gasteiger partial charge in [-0.3, -0.25) is 9.69 Å². The fourth-order valence-corrected chi connectivity index (χ4v) is 3.03. The maximum absolute atomic E-state index is 12.3. The van der Waals surface area contributed by atoms with Gasteiger partial charge in [0.1, 0.15) is 15.8 Å². The van der Waals surface area contributed by atoms with Gasteiger partial charge in [0.15, 0.2) is 0 Å². The predicted octanol–water partition coefficient (Wildman–Crippen LogP) is 3.83. The molecule has 0 N–H and O–H groups in total. The minimum atomic E-state index is -0.106. The summed E-state index contributed by atoms with van der Waals surface area (Å²) in [4.78, 5) is 14.4. The van der Waals surface area contributed by atoms with Crippen molar-refractivity contribution in [3.8, 4) is 0 Å². The topological polar surface area (TPSA) is 46.6 Å². The lowest BCUT2D eigenvalue weighted by Gasteiger charge is -2.11. The number of carbonyl (C=O) groups is 1. The molecular formula is C15H11NO3S2. The van der Waals surface area contributed by atoms with E-state index >= 15 is 0 Å². The first-order valence-corrected chi connectivity index (χ1v) is 7.44. The van der Waals surface area contributed by atoms with Gasteiger partial charge in [-0.05, 0) is 36.4 Å². The van der Waals surface area contributed by atoms with E-state index in [1.165, 1.54) is 16.7 Å². The molecule has 3 rings (SSSR count). The molecule has 106 valence electrons. The molecule has 0 spiro atoms. The van der Waals surface area contributed by atoms with Crippen LogP contribution in [0.5, 0.6) is 0 Å². The lowest BCUT2D eigenvalue weighted by Crippen LogP contribution is -2.27. The largest absolute Gasteiger partial charge is 0.467 e. The van der Waals surface area contributed by atoms with Gasteiger partial charge in [0.2, 0.25) is 0 Å². The monoisotopic (exact) mass is 317 g/mol. The Hall–Kier alpha value is -2.05. The number of thioether (sulfide) groups is 1. The molecule has 2 aromatic rings. The van der Waals surface area contributed by atoms with Gasteiger partial charge in [0.25, 0.3) is 5.91 Å². The number of hydrogen-bond donors (Lipinski definition) is 0. The van der Waals surface area contributed by atoms with Crippen LogP contribution in [0.2, 0.25) is 0 Å². The van der Waals surface area contributed by atoms with Crippen LogP contribution in [0.3, 0.4) is 0 Å². The van der Waals surface area contributed by atoms with Crippen LogP contribution in [-0.4, -0.2) is 15.1 Å². The van der Waals surface area contributed by atoms with Crippen LogP contribution in [0.25, 0.3) is 6.08 Å². The molecule has 4 nitrogen and oxygen atoms in total. The highest BCUT2D eigenvalue weighted by atomic mass is 32.2. The quantitative estimate of drug-likeness (QED) is 0.633. The molecule has 1 aliphatic heterocycles. The Labute approximate surface area is 131 Å². The third-order valence-electron chi connectivity index (χ3n) is 2.82. The summed E-state index contributed by atoms with van der Waals surface area (Å²) in [5.41, 5.74) is 0. The predicted molar refractivity (Wildman–Crippen MR) is 85.3 cm³/mol. The Kier molecular flexibility index (Phi) is 4.08. The van der Waals surface area contributed by atoms with Crippen molar-refractivity contribution in [1.82, 2.24) is 4.90 Å². The average Bonchev–Trinajstić information content (AvgIpc) is 3.19. The van der Waals surface area contributed by atoms with Crippen molar-refractivity contribution in [2.45, 2.75) is 6.54 Å². The summed E-state index contributed by atoms with van der Waals surface area (Å²) in [6, 6.07) is 7.25. The molecule has 0 unspecified atom stereocenters. The molecule has 0 saturated carbocycles. The van der Waals surface area contributed by atoms with Gasteiger partial charge < -0.3 is 8.83 Å². The van der Waals surface area contributed by atoms with Crippen molar-refractivity contribution in [3.05, 3.63) is 65.4 Å². The second kappa shape index (κ2) is 6.15. The van der Waals surface area contributed by atoms with Gasteiger partial charge in [-0.1, -0.05) is 30.1 Å². The fraction of sp³-hybridized carbons (Fsp3) is 0.0667. The number of thiocarbonyl (C=S) groups is 1. The van der Waals surface area contributed by atoms with E-state index in [4.69, 9.17) is 21.1 Å². The molecule has 1 fully saturated rings. The van der Waals surface area contributed by atoms with Crippen LogP contribution in [0.1, 0.15) is 11.5 Å². The van der Waals surface area contributed by atoms with Crippen molar-refractivity contribution in [1.29, 1.82) is 0 Å². The zero-order valence-electron chi connectivity index (χ0n) is 10.9. The highest BCUT2D eigenvalue weighted by Gasteiger charge is 2.32. The van der Waals surface area contributed by atoms with Crippen LogP contribution < -0.4 is 0 Å². The molecule has 2 aromatic heterocycles. The maximum atomic E-state index is 12.3. The molecule has 1 saturated heterocycles. The van der Waals surface area contributed by atoms with Crippen molar-refractivity contribution >= 4 is 40.3 Å². The lowest BCUT2D eigenvalue weighted by atomic mass is 10.3. The van der Waals surface area contributed by atoms with Crippen molar-refractivity contribution < 1.29 is 13.6 Å². The average molecular weight is 317 g/mol. The summed E-state index contributed by atoms with van der Waals surface area (Å²) in [5, 5.41) is 0. The summed E-state index contributed by atoms with van der Waals surface area (Å²) in [7, 11) is 0. The molecule has 0 atom stereocenters. The van der Waals surface area contributed by atoms with E-state index in [9.17, 15) is 4.79 Å². The minimum absolute atomic E-state index is 0.106. The smallest absolute Gasteiger partial charge is 0.266 e. The Morgan fingerprint density at radius 1 is 1.24 bits per heavy atom. The van der Waals surface area contributed by atoms with Gasteiger partial charge in [0.05, 0.1) is 24.0 Å². The zero-order valence-corrected chi connectivity index (χ0v) is 12.5. The molecule has 21 heavy (non-hydrogen) atoms. The van der Waals surface area contributed by atoms with Gasteiger partial charge in [-0.25, -0.2) is 0 Å². The van der Waals surface area contributed by atoms with Crippen molar-refractivity contribution in [3.63, 3.8) is 0 Å². The highest BCUT2D eigenvalue weighted by Crippen LogP contribution is 2.32. The summed E-state index contributed by atoms with van der Waals surface area (Å²) in [6.07, 6.45) is 8.48. The SMILES string of the molecule is O=C1/C(=C/C=C/c2ccco2)SC(=S)N1Cc1ccco1. The highest BCUT2D eigenvalue weighted by molar-refractivity contribution is 8.26. The van der Waals surface area contributed by atoms with E-state index in [-0.39, 0.29) is 5.91 Å². The van der Waals surface area contributed by atoms with Crippen LogP contribution in [-0.2, 0) is 11.3 Å². The van der Waals surface area contributed by atoms with E-state index in [1.54, 1.807) is 36.8 Å². The standard InChI is InChI=1S/C15H11NO3S2/c17-14-13(7-1-4-11-5-2-8-18-11)21-15(20)16(14)10-12-6-3-9-19-12/h1-9H,10H2/b4-1+,13-7-. The van der Waals surface area contributed by atoms with E-state index < -0.39 is 0 Å². The number of rotatable bonds is 4.